The zero-order chi connectivity index (χ0) is 17.9. The zero-order valence-electron chi connectivity index (χ0n) is 14.6. The van der Waals surface area contributed by atoms with E-state index in [-0.39, 0.29) is 6.79 Å². The van der Waals surface area contributed by atoms with E-state index in [4.69, 9.17) is 9.47 Å². The first-order valence-electron chi connectivity index (χ1n) is 8.41. The third kappa shape index (κ3) is 3.37. The molecule has 4 rings (SSSR count). The maximum absolute atomic E-state index is 5.39. The molecule has 26 heavy (non-hydrogen) atoms. The van der Waals surface area contributed by atoms with Gasteiger partial charge < -0.3 is 20.1 Å². The van der Waals surface area contributed by atoms with Crippen LogP contribution >= 0.6 is 0 Å². The maximum atomic E-state index is 5.39. The van der Waals surface area contributed by atoms with Crippen molar-refractivity contribution in [1.82, 2.24) is 15.2 Å². The third-order valence-corrected chi connectivity index (χ3v) is 4.03. The zero-order valence-corrected chi connectivity index (χ0v) is 14.6. The van der Waals surface area contributed by atoms with Crippen LogP contribution in [0.4, 0.5) is 23.1 Å². The summed E-state index contributed by atoms with van der Waals surface area (Å²) in [7, 11) is 0. The smallest absolute Gasteiger partial charge is 0.249 e. The van der Waals surface area contributed by atoms with E-state index in [0.717, 1.165) is 17.1 Å². The van der Waals surface area contributed by atoms with Gasteiger partial charge in [0.05, 0.1) is 6.20 Å². The van der Waals surface area contributed by atoms with Crippen LogP contribution in [0.5, 0.6) is 11.5 Å². The lowest BCUT2D eigenvalue weighted by Gasteiger charge is -2.13. The molecule has 0 aliphatic carbocycles. The number of benzene rings is 2. The molecule has 0 spiro atoms. The van der Waals surface area contributed by atoms with Crippen molar-refractivity contribution in [3.8, 4) is 11.5 Å². The molecular weight excluding hydrogens is 330 g/mol. The summed E-state index contributed by atoms with van der Waals surface area (Å²) in [6.45, 7) is 4.55. The van der Waals surface area contributed by atoms with Crippen LogP contribution in [-0.4, -0.2) is 22.0 Å². The molecule has 0 saturated carbocycles. The summed E-state index contributed by atoms with van der Waals surface area (Å²) in [6.07, 6.45) is 1.57. The second kappa shape index (κ2) is 6.87. The average Bonchev–Trinajstić information content (AvgIpc) is 3.10. The van der Waals surface area contributed by atoms with E-state index in [9.17, 15) is 0 Å². The van der Waals surface area contributed by atoms with Crippen LogP contribution < -0.4 is 20.1 Å². The molecule has 0 radical (unpaired) electrons. The summed E-state index contributed by atoms with van der Waals surface area (Å²) >= 11 is 0. The fourth-order valence-corrected chi connectivity index (χ4v) is 2.77. The minimum atomic E-state index is 0.247. The highest BCUT2D eigenvalue weighted by Crippen LogP contribution is 2.35. The van der Waals surface area contributed by atoms with Crippen molar-refractivity contribution < 1.29 is 9.47 Å². The molecule has 2 heterocycles. The van der Waals surface area contributed by atoms with Crippen LogP contribution in [0.15, 0.2) is 48.7 Å². The molecule has 132 valence electrons. The van der Waals surface area contributed by atoms with Crippen LogP contribution in [0.25, 0.3) is 0 Å². The van der Waals surface area contributed by atoms with Crippen LogP contribution in [-0.2, 0) is 0 Å². The van der Waals surface area contributed by atoms with E-state index in [2.05, 4.69) is 45.7 Å². The number of ether oxygens (including phenoxy) is 2. The average molecular weight is 349 g/mol. The molecule has 0 bridgehead atoms. The van der Waals surface area contributed by atoms with Crippen LogP contribution in [0.1, 0.15) is 25.3 Å². The van der Waals surface area contributed by atoms with E-state index < -0.39 is 0 Å². The van der Waals surface area contributed by atoms with E-state index >= 15 is 0 Å². The van der Waals surface area contributed by atoms with Crippen LogP contribution in [0, 0.1) is 0 Å². The molecule has 3 aromatic rings. The first kappa shape index (κ1) is 16.1. The fraction of sp³-hybridized carbons (Fsp3) is 0.211. The fourth-order valence-electron chi connectivity index (χ4n) is 2.77. The quantitative estimate of drug-likeness (QED) is 0.714. The molecule has 0 unspecified atom stereocenters. The van der Waals surface area contributed by atoms with Gasteiger partial charge in [-0.15, -0.1) is 5.10 Å². The van der Waals surface area contributed by atoms with E-state index in [1.807, 2.05) is 36.4 Å². The minimum Gasteiger partial charge on any atom is -0.454 e. The Bertz CT molecular complexity index is 929. The number of para-hydroxylation sites is 1. The van der Waals surface area contributed by atoms with Gasteiger partial charge in [0.25, 0.3) is 0 Å². The first-order chi connectivity index (χ1) is 12.7. The number of nitrogens with zero attached hydrogens (tertiary/aromatic N) is 3. The van der Waals surface area contributed by atoms with Gasteiger partial charge in [0.2, 0.25) is 12.7 Å². The van der Waals surface area contributed by atoms with Crippen molar-refractivity contribution in [3.63, 3.8) is 0 Å². The monoisotopic (exact) mass is 349 g/mol. The summed E-state index contributed by atoms with van der Waals surface area (Å²) in [4.78, 5) is 4.49. The standard InChI is InChI=1S/C19H19N5O2/c1-12(2)14-5-3-4-6-15(14)22-19-23-18(10-20-24-19)21-13-7-8-16-17(9-13)26-11-25-16/h3-10,12H,11H2,1-2H3,(H2,21,22,23,24). The Labute approximate surface area is 151 Å². The Morgan fingerprint density at radius 1 is 1.00 bits per heavy atom. The van der Waals surface area contributed by atoms with Crippen molar-refractivity contribution in [1.29, 1.82) is 0 Å². The van der Waals surface area contributed by atoms with Gasteiger partial charge in [-0.1, -0.05) is 32.0 Å². The molecule has 1 aromatic heterocycles. The Hall–Kier alpha value is -3.35. The molecule has 7 heteroatoms. The molecular formula is C19H19N5O2. The Balaban J connectivity index is 1.54. The molecule has 2 aromatic carbocycles. The number of hydrogen-bond donors (Lipinski definition) is 2. The number of fused-ring (bicyclic) bond motifs is 1. The van der Waals surface area contributed by atoms with Gasteiger partial charge in [-0.05, 0) is 29.7 Å². The number of rotatable bonds is 5. The van der Waals surface area contributed by atoms with Crippen molar-refractivity contribution in [3.05, 3.63) is 54.2 Å². The number of hydrogen-bond acceptors (Lipinski definition) is 7. The molecule has 7 nitrogen and oxygen atoms in total. The van der Waals surface area contributed by atoms with Gasteiger partial charge in [-0.2, -0.15) is 10.1 Å². The Kier molecular flexibility index (Phi) is 4.27. The predicted molar refractivity (Wildman–Crippen MR) is 99.5 cm³/mol. The third-order valence-electron chi connectivity index (χ3n) is 4.03. The molecule has 0 saturated heterocycles. The van der Waals surface area contributed by atoms with Gasteiger partial charge in [-0.3, -0.25) is 0 Å². The van der Waals surface area contributed by atoms with Gasteiger partial charge in [-0.25, -0.2) is 0 Å². The van der Waals surface area contributed by atoms with Gasteiger partial charge in [0, 0.05) is 17.4 Å². The molecule has 0 amide bonds. The highest BCUT2D eigenvalue weighted by molar-refractivity contribution is 5.63. The lowest BCUT2D eigenvalue weighted by molar-refractivity contribution is 0.174. The maximum Gasteiger partial charge on any atom is 0.249 e. The van der Waals surface area contributed by atoms with Gasteiger partial charge in [0.15, 0.2) is 17.3 Å². The Morgan fingerprint density at radius 2 is 1.85 bits per heavy atom. The molecule has 1 aliphatic heterocycles. The normalized spacial score (nSPS) is 12.3. The van der Waals surface area contributed by atoms with E-state index in [1.165, 1.54) is 5.56 Å². The second-order valence-electron chi connectivity index (χ2n) is 6.23. The van der Waals surface area contributed by atoms with Crippen molar-refractivity contribution >= 4 is 23.1 Å². The molecule has 2 N–H and O–H groups in total. The van der Waals surface area contributed by atoms with Crippen molar-refractivity contribution in [2.24, 2.45) is 0 Å². The molecule has 0 fully saturated rings. The first-order valence-corrected chi connectivity index (χ1v) is 8.41. The lowest BCUT2D eigenvalue weighted by atomic mass is 10.0. The predicted octanol–water partition coefficient (Wildman–Crippen LogP) is 4.21. The SMILES string of the molecule is CC(C)c1ccccc1Nc1nncc(Nc2ccc3c(c2)OCO3)n1. The highest BCUT2D eigenvalue weighted by atomic mass is 16.7. The summed E-state index contributed by atoms with van der Waals surface area (Å²) < 4.78 is 10.7. The van der Waals surface area contributed by atoms with Crippen molar-refractivity contribution in [2.75, 3.05) is 17.4 Å². The largest absolute Gasteiger partial charge is 0.454 e. The van der Waals surface area contributed by atoms with E-state index in [1.54, 1.807) is 6.20 Å². The Morgan fingerprint density at radius 3 is 2.73 bits per heavy atom. The summed E-state index contributed by atoms with van der Waals surface area (Å²) in [5.74, 6) is 2.86. The minimum absolute atomic E-state index is 0.247. The molecule has 0 atom stereocenters. The number of nitrogens with one attached hydrogen (secondary N) is 2. The highest BCUT2D eigenvalue weighted by Gasteiger charge is 2.14. The van der Waals surface area contributed by atoms with Gasteiger partial charge >= 0.3 is 0 Å². The summed E-state index contributed by atoms with van der Waals surface area (Å²) in [5, 5.41) is 14.6. The van der Waals surface area contributed by atoms with Gasteiger partial charge in [0.1, 0.15) is 0 Å². The molecule has 1 aliphatic rings. The second-order valence-corrected chi connectivity index (χ2v) is 6.23. The number of anilines is 4. The van der Waals surface area contributed by atoms with E-state index in [0.29, 0.717) is 23.4 Å². The van der Waals surface area contributed by atoms with Crippen LogP contribution in [0.3, 0.4) is 0 Å². The van der Waals surface area contributed by atoms with Crippen LogP contribution in [0.2, 0.25) is 0 Å². The topological polar surface area (TPSA) is 81.2 Å². The summed E-state index contributed by atoms with van der Waals surface area (Å²) in [6, 6.07) is 13.7. The number of aromatic nitrogens is 3. The summed E-state index contributed by atoms with van der Waals surface area (Å²) in [5.41, 5.74) is 3.01. The van der Waals surface area contributed by atoms with Crippen molar-refractivity contribution in [2.45, 2.75) is 19.8 Å². The lowest BCUT2D eigenvalue weighted by Crippen LogP contribution is -2.04.